The van der Waals surface area contributed by atoms with Crippen LogP contribution in [0.4, 0.5) is 0 Å². The molecule has 4 nitrogen and oxygen atoms in total. The number of imidazole rings is 1. The topological polar surface area (TPSA) is 61.5 Å². The number of hydrogen-bond acceptors (Lipinski definition) is 2. The predicted octanol–water partition coefficient (Wildman–Crippen LogP) is 1.10. The summed E-state index contributed by atoms with van der Waals surface area (Å²) in [6.07, 6.45) is 1.51. The number of aromatic nitrogens is 3. The third-order valence-corrected chi connectivity index (χ3v) is 1.26. The lowest BCUT2D eigenvalue weighted by atomic mass is 10.4. The van der Waals surface area contributed by atoms with Gasteiger partial charge in [-0.1, -0.05) is 0 Å². The molecule has 0 atom stereocenters. The molecule has 2 heterocycles. The Morgan fingerprint density at radius 3 is 3.20 bits per heavy atom. The average molecular weight is 134 g/mol. The summed E-state index contributed by atoms with van der Waals surface area (Å²) in [5, 5.41) is 10.6. The molecule has 2 aromatic heterocycles. The summed E-state index contributed by atoms with van der Waals surface area (Å²) in [6.45, 7) is 0. The molecule has 49 valence electrons. The molecule has 4 heteroatoms. The van der Waals surface area contributed by atoms with Gasteiger partial charge in [0.15, 0.2) is 5.65 Å². The molecule has 0 fully saturated rings. The lowest BCUT2D eigenvalue weighted by Crippen LogP contribution is -1.74. The number of H-pyrrole nitrogens is 1. The molecular formula is C6H4N3O. The molecule has 0 aliphatic rings. The molecule has 1 N–H and O–H groups in total. The van der Waals surface area contributed by atoms with Crippen molar-refractivity contribution in [3.05, 3.63) is 18.5 Å². The molecule has 0 aliphatic carbocycles. The van der Waals surface area contributed by atoms with Crippen LogP contribution in [-0.2, 0) is 5.11 Å². The van der Waals surface area contributed by atoms with E-state index in [2.05, 4.69) is 15.0 Å². The van der Waals surface area contributed by atoms with E-state index in [-0.39, 0.29) is 5.88 Å². The molecule has 0 aliphatic heterocycles. The van der Waals surface area contributed by atoms with Gasteiger partial charge in [0.05, 0.1) is 11.8 Å². The van der Waals surface area contributed by atoms with Gasteiger partial charge < -0.3 is 4.98 Å². The van der Waals surface area contributed by atoms with E-state index in [1.807, 2.05) is 0 Å². The zero-order valence-electron chi connectivity index (χ0n) is 5.03. The maximum Gasteiger partial charge on any atom is 0.271 e. The van der Waals surface area contributed by atoms with Crippen molar-refractivity contribution >= 4 is 11.2 Å². The van der Waals surface area contributed by atoms with Crippen LogP contribution in [0.2, 0.25) is 0 Å². The van der Waals surface area contributed by atoms with Crippen molar-refractivity contribution in [2.75, 3.05) is 0 Å². The molecule has 0 spiro atoms. The van der Waals surface area contributed by atoms with Gasteiger partial charge in [-0.15, -0.1) is 0 Å². The number of aromatic amines is 1. The Morgan fingerprint density at radius 1 is 1.40 bits per heavy atom. The minimum atomic E-state index is -0.250. The van der Waals surface area contributed by atoms with Gasteiger partial charge in [-0.25, -0.2) is 4.98 Å². The third-order valence-electron chi connectivity index (χ3n) is 1.26. The monoisotopic (exact) mass is 134 g/mol. The first-order valence-corrected chi connectivity index (χ1v) is 2.83. The molecular weight excluding hydrogens is 130 g/mol. The van der Waals surface area contributed by atoms with Gasteiger partial charge in [-0.05, 0) is 6.07 Å². The summed E-state index contributed by atoms with van der Waals surface area (Å²) >= 11 is 0. The zero-order valence-corrected chi connectivity index (χ0v) is 5.03. The van der Waals surface area contributed by atoms with Gasteiger partial charge in [-0.2, -0.15) is 4.98 Å². The number of nitrogens with zero attached hydrogens (tertiary/aromatic N) is 2. The van der Waals surface area contributed by atoms with E-state index in [0.717, 1.165) is 5.52 Å². The predicted molar refractivity (Wildman–Crippen MR) is 34.0 cm³/mol. The van der Waals surface area contributed by atoms with Crippen LogP contribution in [-0.4, -0.2) is 15.0 Å². The van der Waals surface area contributed by atoms with Crippen LogP contribution < -0.4 is 0 Å². The van der Waals surface area contributed by atoms with Crippen LogP contribution in [0.15, 0.2) is 18.5 Å². The van der Waals surface area contributed by atoms with E-state index in [1.165, 1.54) is 12.4 Å². The van der Waals surface area contributed by atoms with Crippen molar-refractivity contribution in [2.45, 2.75) is 0 Å². The van der Waals surface area contributed by atoms with Crippen LogP contribution in [0.3, 0.4) is 0 Å². The summed E-state index contributed by atoms with van der Waals surface area (Å²) in [6, 6.07) is 3.07. The van der Waals surface area contributed by atoms with E-state index in [1.54, 1.807) is 6.07 Å². The van der Waals surface area contributed by atoms with Crippen molar-refractivity contribution in [3.8, 4) is 5.88 Å². The minimum absolute atomic E-state index is 0.250. The normalized spacial score (nSPS) is 10.4. The molecule has 0 amide bonds. The fraction of sp³-hybridized carbons (Fsp3) is 0. The summed E-state index contributed by atoms with van der Waals surface area (Å²) in [5.41, 5.74) is 1.27. The second-order valence-corrected chi connectivity index (χ2v) is 1.92. The lowest BCUT2D eigenvalue weighted by Gasteiger charge is -1.84. The van der Waals surface area contributed by atoms with Crippen molar-refractivity contribution in [1.82, 2.24) is 15.0 Å². The Hall–Kier alpha value is -1.58. The van der Waals surface area contributed by atoms with Gasteiger partial charge in [0.1, 0.15) is 0 Å². The summed E-state index contributed by atoms with van der Waals surface area (Å²) in [5.74, 6) is -0.250. The second kappa shape index (κ2) is 1.70. The van der Waals surface area contributed by atoms with Crippen molar-refractivity contribution in [1.29, 1.82) is 0 Å². The number of fused-ring (bicyclic) bond motifs is 1. The quantitative estimate of drug-likeness (QED) is 0.586. The summed E-state index contributed by atoms with van der Waals surface area (Å²) in [7, 11) is 0. The Labute approximate surface area is 56.6 Å². The van der Waals surface area contributed by atoms with Gasteiger partial charge in [0.2, 0.25) is 0 Å². The molecule has 0 saturated carbocycles. The highest BCUT2D eigenvalue weighted by Gasteiger charge is 1.97. The molecule has 0 bridgehead atoms. The smallest absolute Gasteiger partial charge is 0.271 e. The van der Waals surface area contributed by atoms with Crippen LogP contribution >= 0.6 is 0 Å². The highest BCUT2D eigenvalue weighted by atomic mass is 16.3. The van der Waals surface area contributed by atoms with Crippen LogP contribution in [0.25, 0.3) is 11.2 Å². The van der Waals surface area contributed by atoms with E-state index < -0.39 is 0 Å². The number of rotatable bonds is 0. The lowest BCUT2D eigenvalue weighted by molar-refractivity contribution is 0.339. The Morgan fingerprint density at radius 2 is 2.30 bits per heavy atom. The van der Waals surface area contributed by atoms with Crippen LogP contribution in [0.5, 0.6) is 5.88 Å². The summed E-state index contributed by atoms with van der Waals surface area (Å²) in [4.78, 5) is 10.3. The number of hydrogen-bond donors (Lipinski definition) is 1. The number of nitrogens with one attached hydrogen (secondary N) is 1. The Bertz CT molecular complexity index is 355. The fourth-order valence-electron chi connectivity index (χ4n) is 0.805. The maximum atomic E-state index is 10.6. The summed E-state index contributed by atoms with van der Waals surface area (Å²) < 4.78 is 0. The van der Waals surface area contributed by atoms with E-state index in [0.29, 0.717) is 5.65 Å². The second-order valence-electron chi connectivity index (χ2n) is 1.92. The number of pyridine rings is 1. The van der Waals surface area contributed by atoms with Crippen LogP contribution in [0.1, 0.15) is 0 Å². The first-order chi connectivity index (χ1) is 4.86. The van der Waals surface area contributed by atoms with Gasteiger partial charge in [-0.3, -0.25) is 5.11 Å². The molecule has 0 unspecified atom stereocenters. The highest BCUT2D eigenvalue weighted by Crippen LogP contribution is 2.10. The Balaban J connectivity index is 2.86. The highest BCUT2D eigenvalue weighted by molar-refractivity contribution is 5.69. The van der Waals surface area contributed by atoms with Gasteiger partial charge in [0, 0.05) is 6.07 Å². The van der Waals surface area contributed by atoms with Gasteiger partial charge in [0.25, 0.3) is 5.88 Å². The first-order valence-electron chi connectivity index (χ1n) is 2.83. The third kappa shape index (κ3) is 0.621. The van der Waals surface area contributed by atoms with Crippen molar-refractivity contribution < 1.29 is 5.11 Å². The largest absolute Gasteiger partial charge is 0.343 e. The zero-order chi connectivity index (χ0) is 6.97. The minimum Gasteiger partial charge on any atom is -0.343 e. The van der Waals surface area contributed by atoms with E-state index in [9.17, 15) is 5.11 Å². The first kappa shape index (κ1) is 5.22. The molecule has 2 rings (SSSR count). The molecule has 0 aromatic carbocycles. The molecule has 2 aromatic rings. The fourth-order valence-corrected chi connectivity index (χ4v) is 0.805. The van der Waals surface area contributed by atoms with Crippen molar-refractivity contribution in [2.24, 2.45) is 0 Å². The van der Waals surface area contributed by atoms with E-state index in [4.69, 9.17) is 0 Å². The van der Waals surface area contributed by atoms with Crippen LogP contribution in [0, 0.1) is 0 Å². The molecule has 0 saturated heterocycles. The van der Waals surface area contributed by atoms with Gasteiger partial charge >= 0.3 is 0 Å². The molecule has 1 radical (unpaired) electrons. The van der Waals surface area contributed by atoms with E-state index >= 15 is 0 Å². The molecule has 10 heavy (non-hydrogen) atoms. The standard InChI is InChI=1S/C6H4N3O/c10-5-2-1-4-6(9-5)8-3-7-4/h1-3H,(H,7,8,9). The maximum absolute atomic E-state index is 10.6. The Kier molecular flexibility index (Phi) is 0.887. The average Bonchev–Trinajstić information content (AvgIpc) is 2.33. The SMILES string of the molecule is [O]c1ccc2[nH]cnc2n1. The van der Waals surface area contributed by atoms with Crippen molar-refractivity contribution in [3.63, 3.8) is 0 Å².